The van der Waals surface area contributed by atoms with Crippen LogP contribution < -0.4 is 5.32 Å². The zero-order chi connectivity index (χ0) is 17.3. The first-order valence-corrected chi connectivity index (χ1v) is 9.82. The maximum Gasteiger partial charge on any atom is 0.264 e. The highest BCUT2D eigenvalue weighted by Gasteiger charge is 2.27. The van der Waals surface area contributed by atoms with Gasteiger partial charge in [-0.1, -0.05) is 20.8 Å². The van der Waals surface area contributed by atoms with E-state index in [0.29, 0.717) is 12.0 Å². The van der Waals surface area contributed by atoms with Crippen molar-refractivity contribution in [3.63, 3.8) is 0 Å². The van der Waals surface area contributed by atoms with Crippen molar-refractivity contribution in [2.24, 2.45) is 7.05 Å². The Morgan fingerprint density at radius 3 is 2.79 bits per heavy atom. The molecule has 0 saturated carbocycles. The van der Waals surface area contributed by atoms with Crippen LogP contribution in [0.5, 0.6) is 0 Å². The SMILES string of the molecule is CCCN(C(=O)c1cc2c(C(C)C)nn(C)c2s1)C1CCNCC1. The van der Waals surface area contributed by atoms with E-state index in [1.165, 1.54) is 0 Å². The molecule has 3 rings (SSSR count). The summed E-state index contributed by atoms with van der Waals surface area (Å²) in [5.41, 5.74) is 1.09. The summed E-state index contributed by atoms with van der Waals surface area (Å²) < 4.78 is 1.92. The molecule has 0 atom stereocenters. The Hall–Kier alpha value is -1.40. The molecule has 1 saturated heterocycles. The highest BCUT2D eigenvalue weighted by Crippen LogP contribution is 2.32. The van der Waals surface area contributed by atoms with Crippen molar-refractivity contribution in [2.45, 2.75) is 52.0 Å². The van der Waals surface area contributed by atoms with Crippen molar-refractivity contribution in [3.8, 4) is 0 Å². The zero-order valence-electron chi connectivity index (χ0n) is 15.1. The minimum atomic E-state index is 0.194. The van der Waals surface area contributed by atoms with E-state index in [0.717, 1.165) is 59.7 Å². The van der Waals surface area contributed by atoms with Gasteiger partial charge < -0.3 is 10.2 Å². The molecule has 1 N–H and O–H groups in total. The number of rotatable bonds is 5. The number of nitrogens with one attached hydrogen (secondary N) is 1. The van der Waals surface area contributed by atoms with Gasteiger partial charge in [0.25, 0.3) is 5.91 Å². The number of thiophene rings is 1. The van der Waals surface area contributed by atoms with Crippen LogP contribution in [0, 0.1) is 0 Å². The van der Waals surface area contributed by atoms with Gasteiger partial charge in [-0.3, -0.25) is 9.48 Å². The smallest absolute Gasteiger partial charge is 0.264 e. The third-order valence-corrected chi connectivity index (χ3v) is 5.96. The number of hydrogen-bond acceptors (Lipinski definition) is 4. The number of fused-ring (bicyclic) bond motifs is 1. The predicted octanol–water partition coefficient (Wildman–Crippen LogP) is 3.36. The van der Waals surface area contributed by atoms with Crippen molar-refractivity contribution < 1.29 is 4.79 Å². The Kier molecular flexibility index (Phi) is 5.25. The van der Waals surface area contributed by atoms with Gasteiger partial charge in [-0.2, -0.15) is 5.10 Å². The third kappa shape index (κ3) is 3.22. The molecule has 0 bridgehead atoms. The number of carbonyl (C=O) groups excluding carboxylic acids is 1. The van der Waals surface area contributed by atoms with Crippen LogP contribution in [0.1, 0.15) is 61.3 Å². The molecule has 3 heterocycles. The van der Waals surface area contributed by atoms with E-state index in [4.69, 9.17) is 0 Å². The molecular weight excluding hydrogens is 320 g/mol. The van der Waals surface area contributed by atoms with Crippen LogP contribution in [0.25, 0.3) is 10.2 Å². The second kappa shape index (κ2) is 7.23. The number of nitrogens with zero attached hydrogens (tertiary/aromatic N) is 3. The van der Waals surface area contributed by atoms with Crippen LogP contribution in [0.15, 0.2) is 6.07 Å². The van der Waals surface area contributed by atoms with E-state index in [1.54, 1.807) is 11.3 Å². The molecule has 132 valence electrons. The number of aryl methyl sites for hydroxylation is 1. The molecule has 0 spiro atoms. The minimum Gasteiger partial charge on any atom is -0.335 e. The lowest BCUT2D eigenvalue weighted by atomic mass is 10.0. The second-order valence-electron chi connectivity index (χ2n) is 6.97. The first-order chi connectivity index (χ1) is 11.5. The van der Waals surface area contributed by atoms with Crippen LogP contribution in [-0.4, -0.2) is 46.3 Å². The molecular formula is C18H28N4OS. The van der Waals surface area contributed by atoms with Crippen molar-refractivity contribution in [3.05, 3.63) is 16.6 Å². The normalized spacial score (nSPS) is 16.2. The van der Waals surface area contributed by atoms with E-state index in [1.807, 2.05) is 11.7 Å². The third-order valence-electron chi connectivity index (χ3n) is 4.77. The summed E-state index contributed by atoms with van der Waals surface area (Å²) >= 11 is 1.58. The van der Waals surface area contributed by atoms with Gasteiger partial charge in [0.1, 0.15) is 4.83 Å². The highest BCUT2D eigenvalue weighted by molar-refractivity contribution is 7.20. The lowest BCUT2D eigenvalue weighted by molar-refractivity contribution is 0.0648. The van der Waals surface area contributed by atoms with Gasteiger partial charge in [-0.15, -0.1) is 11.3 Å². The van der Waals surface area contributed by atoms with Crippen LogP contribution >= 0.6 is 11.3 Å². The summed E-state index contributed by atoms with van der Waals surface area (Å²) in [4.78, 5) is 17.2. The first kappa shape index (κ1) is 17.4. The second-order valence-corrected chi connectivity index (χ2v) is 8.00. The van der Waals surface area contributed by atoms with Gasteiger partial charge in [0, 0.05) is 25.0 Å². The summed E-state index contributed by atoms with van der Waals surface area (Å²) in [6.07, 6.45) is 3.10. The molecule has 5 nitrogen and oxygen atoms in total. The van der Waals surface area contributed by atoms with Gasteiger partial charge in [0.15, 0.2) is 0 Å². The standard InChI is InChI=1S/C18H28N4OS/c1-5-10-22(13-6-8-19-9-7-13)17(23)15-11-14-16(12(2)3)20-21(4)18(14)24-15/h11-13,19H,5-10H2,1-4H3. The number of amides is 1. The maximum atomic E-state index is 13.2. The van der Waals surface area contributed by atoms with Crippen LogP contribution in [0.2, 0.25) is 0 Å². The van der Waals surface area contributed by atoms with Crippen LogP contribution in [-0.2, 0) is 7.05 Å². The topological polar surface area (TPSA) is 50.2 Å². The molecule has 1 aliphatic heterocycles. The average Bonchev–Trinajstić information content (AvgIpc) is 3.13. The largest absolute Gasteiger partial charge is 0.335 e. The summed E-state index contributed by atoms with van der Waals surface area (Å²) in [6, 6.07) is 2.43. The Labute approximate surface area is 148 Å². The van der Waals surface area contributed by atoms with E-state index in [2.05, 4.69) is 42.2 Å². The van der Waals surface area contributed by atoms with Gasteiger partial charge in [-0.25, -0.2) is 0 Å². The van der Waals surface area contributed by atoms with Crippen molar-refractivity contribution in [1.82, 2.24) is 20.0 Å². The lowest BCUT2D eigenvalue weighted by Gasteiger charge is -2.34. The molecule has 0 aliphatic carbocycles. The molecule has 0 unspecified atom stereocenters. The minimum absolute atomic E-state index is 0.194. The molecule has 2 aromatic rings. The monoisotopic (exact) mass is 348 g/mol. The van der Waals surface area contributed by atoms with Crippen LogP contribution in [0.3, 0.4) is 0 Å². The molecule has 0 aromatic carbocycles. The zero-order valence-corrected chi connectivity index (χ0v) is 15.9. The number of hydrogen-bond donors (Lipinski definition) is 1. The predicted molar refractivity (Wildman–Crippen MR) is 99.9 cm³/mol. The summed E-state index contributed by atoms with van der Waals surface area (Å²) in [5.74, 6) is 0.557. The number of aromatic nitrogens is 2. The van der Waals surface area contributed by atoms with E-state index >= 15 is 0 Å². The quantitative estimate of drug-likeness (QED) is 0.901. The van der Waals surface area contributed by atoms with Gasteiger partial charge in [-0.05, 0) is 44.3 Å². The summed E-state index contributed by atoms with van der Waals surface area (Å²) in [5, 5.41) is 9.14. The Morgan fingerprint density at radius 1 is 1.46 bits per heavy atom. The molecule has 1 fully saturated rings. The van der Waals surface area contributed by atoms with E-state index < -0.39 is 0 Å². The van der Waals surface area contributed by atoms with Gasteiger partial charge >= 0.3 is 0 Å². The number of piperidine rings is 1. The fourth-order valence-corrected chi connectivity index (χ4v) is 4.58. The van der Waals surface area contributed by atoms with Gasteiger partial charge in [0.05, 0.1) is 10.6 Å². The Bertz CT molecular complexity index is 712. The molecule has 1 amide bonds. The van der Waals surface area contributed by atoms with Gasteiger partial charge in [0.2, 0.25) is 0 Å². The fraction of sp³-hybridized carbons (Fsp3) is 0.667. The molecule has 6 heteroatoms. The van der Waals surface area contributed by atoms with Crippen molar-refractivity contribution in [2.75, 3.05) is 19.6 Å². The molecule has 1 aliphatic rings. The number of carbonyl (C=O) groups is 1. The first-order valence-electron chi connectivity index (χ1n) is 9.01. The molecule has 2 aromatic heterocycles. The summed E-state index contributed by atoms with van der Waals surface area (Å²) in [6.45, 7) is 9.30. The average molecular weight is 349 g/mol. The molecule has 24 heavy (non-hydrogen) atoms. The molecule has 0 radical (unpaired) electrons. The van der Waals surface area contributed by atoms with E-state index in [-0.39, 0.29) is 5.91 Å². The Balaban J connectivity index is 1.92. The Morgan fingerprint density at radius 2 is 2.17 bits per heavy atom. The fourth-order valence-electron chi connectivity index (χ4n) is 3.55. The van der Waals surface area contributed by atoms with Crippen molar-refractivity contribution in [1.29, 1.82) is 0 Å². The summed E-state index contributed by atoms with van der Waals surface area (Å²) in [7, 11) is 1.97. The van der Waals surface area contributed by atoms with E-state index in [9.17, 15) is 4.79 Å². The highest BCUT2D eigenvalue weighted by atomic mass is 32.1. The lowest BCUT2D eigenvalue weighted by Crippen LogP contribution is -2.46. The van der Waals surface area contributed by atoms with Crippen LogP contribution in [0.4, 0.5) is 0 Å². The maximum absolute atomic E-state index is 13.2. The van der Waals surface area contributed by atoms with Crippen molar-refractivity contribution >= 4 is 27.5 Å².